The largest absolute Gasteiger partial charge is 0.326 e. The molecular weight excluding hydrogens is 304 g/mol. The van der Waals surface area contributed by atoms with Crippen LogP contribution in [0.5, 0.6) is 0 Å². The molecule has 0 unspecified atom stereocenters. The SMILES string of the molecule is Cc1ccc(Cl)cc1NS(=O)(=O)c1ccc(CN)s1. The topological polar surface area (TPSA) is 72.2 Å². The van der Waals surface area contributed by atoms with Crippen LogP contribution in [0, 0.1) is 6.92 Å². The third-order valence-corrected chi connectivity index (χ3v) is 5.75. The molecule has 0 atom stereocenters. The van der Waals surface area contributed by atoms with E-state index in [2.05, 4.69) is 4.72 Å². The Kier molecular flexibility index (Phi) is 4.15. The molecule has 1 aromatic carbocycles. The monoisotopic (exact) mass is 316 g/mol. The van der Waals surface area contributed by atoms with Crippen molar-refractivity contribution in [2.45, 2.75) is 17.7 Å². The highest BCUT2D eigenvalue weighted by Crippen LogP contribution is 2.26. The number of nitrogens with two attached hydrogens (primary N) is 1. The number of halogens is 1. The van der Waals surface area contributed by atoms with Crippen LogP contribution in [0.1, 0.15) is 10.4 Å². The Balaban J connectivity index is 2.33. The third-order valence-electron chi connectivity index (χ3n) is 2.55. The van der Waals surface area contributed by atoms with Gasteiger partial charge in [0.2, 0.25) is 0 Å². The molecule has 0 saturated heterocycles. The van der Waals surface area contributed by atoms with E-state index in [9.17, 15) is 8.42 Å². The molecular formula is C12H13ClN2O2S2. The lowest BCUT2D eigenvalue weighted by molar-refractivity contribution is 0.603. The first-order chi connectivity index (χ1) is 8.92. The highest BCUT2D eigenvalue weighted by molar-refractivity contribution is 7.94. The van der Waals surface area contributed by atoms with Crippen molar-refractivity contribution in [1.29, 1.82) is 0 Å². The molecule has 3 N–H and O–H groups in total. The van der Waals surface area contributed by atoms with Crippen LogP contribution in [-0.4, -0.2) is 8.42 Å². The van der Waals surface area contributed by atoms with Gasteiger partial charge in [-0.25, -0.2) is 8.42 Å². The number of benzene rings is 1. The van der Waals surface area contributed by atoms with Gasteiger partial charge in [0.1, 0.15) is 4.21 Å². The predicted octanol–water partition coefficient (Wildman–Crippen LogP) is 2.97. The standard InChI is InChI=1S/C12H13ClN2O2S2/c1-8-2-3-9(13)6-11(8)15-19(16,17)12-5-4-10(7-14)18-12/h2-6,15H,7,14H2,1H3. The van der Waals surface area contributed by atoms with Crippen molar-refractivity contribution in [3.8, 4) is 0 Å². The molecule has 0 amide bonds. The predicted molar refractivity (Wildman–Crippen MR) is 79.2 cm³/mol. The molecule has 0 aliphatic rings. The molecule has 0 saturated carbocycles. The molecule has 1 aromatic heterocycles. The van der Waals surface area contributed by atoms with E-state index in [0.717, 1.165) is 21.8 Å². The van der Waals surface area contributed by atoms with Crippen molar-refractivity contribution in [1.82, 2.24) is 0 Å². The van der Waals surface area contributed by atoms with Gasteiger partial charge in [-0.15, -0.1) is 11.3 Å². The molecule has 0 aliphatic heterocycles. The highest BCUT2D eigenvalue weighted by atomic mass is 35.5. The average Bonchev–Trinajstić information content (AvgIpc) is 2.83. The Morgan fingerprint density at radius 1 is 1.32 bits per heavy atom. The third kappa shape index (κ3) is 3.27. The van der Waals surface area contributed by atoms with E-state index in [1.165, 1.54) is 0 Å². The molecule has 0 spiro atoms. The second kappa shape index (κ2) is 5.50. The summed E-state index contributed by atoms with van der Waals surface area (Å²) in [6.07, 6.45) is 0. The van der Waals surface area contributed by atoms with Crippen LogP contribution in [0.4, 0.5) is 5.69 Å². The second-order valence-corrected chi connectivity index (χ2v) is 7.50. The molecule has 2 aromatic rings. The Bertz CT molecular complexity index is 696. The molecule has 102 valence electrons. The normalized spacial score (nSPS) is 11.5. The second-order valence-electron chi connectivity index (χ2n) is 3.99. The first-order valence-electron chi connectivity index (χ1n) is 5.50. The summed E-state index contributed by atoms with van der Waals surface area (Å²) in [5.74, 6) is 0. The maximum atomic E-state index is 12.2. The van der Waals surface area contributed by atoms with Crippen molar-refractivity contribution in [3.63, 3.8) is 0 Å². The minimum Gasteiger partial charge on any atom is -0.326 e. The lowest BCUT2D eigenvalue weighted by Gasteiger charge is -2.09. The van der Waals surface area contributed by atoms with Gasteiger partial charge in [-0.05, 0) is 36.8 Å². The maximum absolute atomic E-state index is 12.2. The van der Waals surface area contributed by atoms with Gasteiger partial charge in [0.25, 0.3) is 10.0 Å². The highest BCUT2D eigenvalue weighted by Gasteiger charge is 2.17. The fourth-order valence-electron chi connectivity index (χ4n) is 1.51. The number of thiophene rings is 1. The van der Waals surface area contributed by atoms with Crippen LogP contribution in [0.3, 0.4) is 0 Å². The van der Waals surface area contributed by atoms with Crippen molar-refractivity contribution in [3.05, 3.63) is 45.8 Å². The minimum atomic E-state index is -3.59. The first kappa shape index (κ1) is 14.3. The van der Waals surface area contributed by atoms with E-state index >= 15 is 0 Å². The summed E-state index contributed by atoms with van der Waals surface area (Å²) in [6.45, 7) is 2.14. The van der Waals surface area contributed by atoms with Crippen LogP contribution in [0.15, 0.2) is 34.5 Å². The molecule has 0 fully saturated rings. The fraction of sp³-hybridized carbons (Fsp3) is 0.167. The molecule has 7 heteroatoms. The molecule has 4 nitrogen and oxygen atoms in total. The van der Waals surface area contributed by atoms with Crippen molar-refractivity contribution < 1.29 is 8.42 Å². The van der Waals surface area contributed by atoms with Gasteiger partial charge >= 0.3 is 0 Å². The molecule has 0 radical (unpaired) electrons. The van der Waals surface area contributed by atoms with E-state index in [0.29, 0.717) is 17.3 Å². The fourth-order valence-corrected chi connectivity index (χ4v) is 4.04. The smallest absolute Gasteiger partial charge is 0.271 e. The summed E-state index contributed by atoms with van der Waals surface area (Å²) >= 11 is 7.03. The molecule has 1 heterocycles. The van der Waals surface area contributed by atoms with E-state index < -0.39 is 10.0 Å². The summed E-state index contributed by atoms with van der Waals surface area (Å²) in [4.78, 5) is 0.822. The van der Waals surface area contributed by atoms with Crippen LogP contribution in [0.2, 0.25) is 5.02 Å². The van der Waals surface area contributed by atoms with E-state index in [1.54, 1.807) is 30.3 Å². The van der Waals surface area contributed by atoms with Gasteiger partial charge in [-0.2, -0.15) is 0 Å². The summed E-state index contributed by atoms with van der Waals surface area (Å²) in [6, 6.07) is 8.33. The number of hydrogen-bond donors (Lipinski definition) is 2. The van der Waals surface area contributed by atoms with Crippen molar-refractivity contribution in [2.75, 3.05) is 4.72 Å². The van der Waals surface area contributed by atoms with E-state index in [-0.39, 0.29) is 4.21 Å². The van der Waals surface area contributed by atoms with Gasteiger partial charge in [0.05, 0.1) is 5.69 Å². The van der Waals surface area contributed by atoms with Crippen molar-refractivity contribution >= 4 is 38.6 Å². The Morgan fingerprint density at radius 3 is 2.68 bits per heavy atom. The summed E-state index contributed by atoms with van der Waals surface area (Å²) in [5.41, 5.74) is 6.77. The number of nitrogens with one attached hydrogen (secondary N) is 1. The average molecular weight is 317 g/mol. The number of anilines is 1. The van der Waals surface area contributed by atoms with Gasteiger partial charge in [0.15, 0.2) is 0 Å². The molecule has 0 bridgehead atoms. The Hall–Kier alpha value is -1.08. The van der Waals surface area contributed by atoms with Gasteiger partial charge < -0.3 is 5.73 Å². The van der Waals surface area contributed by atoms with Crippen LogP contribution in [0.25, 0.3) is 0 Å². The minimum absolute atomic E-state index is 0.243. The van der Waals surface area contributed by atoms with Crippen LogP contribution >= 0.6 is 22.9 Å². The first-order valence-corrected chi connectivity index (χ1v) is 8.18. The van der Waals surface area contributed by atoms with Gasteiger partial charge in [0, 0.05) is 16.4 Å². The van der Waals surface area contributed by atoms with Gasteiger partial charge in [-0.1, -0.05) is 17.7 Å². The Morgan fingerprint density at radius 2 is 2.05 bits per heavy atom. The zero-order chi connectivity index (χ0) is 14.0. The zero-order valence-corrected chi connectivity index (χ0v) is 12.6. The molecule has 2 rings (SSSR count). The lowest BCUT2D eigenvalue weighted by atomic mass is 10.2. The van der Waals surface area contributed by atoms with E-state index in [4.69, 9.17) is 17.3 Å². The van der Waals surface area contributed by atoms with Crippen LogP contribution in [-0.2, 0) is 16.6 Å². The number of hydrogen-bond acceptors (Lipinski definition) is 4. The summed E-state index contributed by atoms with van der Waals surface area (Å²) in [5, 5.41) is 0.483. The lowest BCUT2D eigenvalue weighted by Crippen LogP contribution is -2.12. The quantitative estimate of drug-likeness (QED) is 0.911. The molecule has 0 aliphatic carbocycles. The zero-order valence-electron chi connectivity index (χ0n) is 10.2. The molecule has 19 heavy (non-hydrogen) atoms. The summed E-state index contributed by atoms with van der Waals surface area (Å²) in [7, 11) is -3.59. The van der Waals surface area contributed by atoms with Gasteiger partial charge in [-0.3, -0.25) is 4.72 Å². The number of aryl methyl sites for hydroxylation is 1. The number of sulfonamides is 1. The van der Waals surface area contributed by atoms with Crippen molar-refractivity contribution in [2.24, 2.45) is 5.73 Å². The van der Waals surface area contributed by atoms with Crippen LogP contribution < -0.4 is 10.5 Å². The Labute approximate surface area is 121 Å². The van der Waals surface area contributed by atoms with E-state index in [1.807, 2.05) is 6.92 Å². The number of rotatable bonds is 4. The maximum Gasteiger partial charge on any atom is 0.271 e. The summed E-state index contributed by atoms with van der Waals surface area (Å²) < 4.78 is 27.2.